The summed E-state index contributed by atoms with van der Waals surface area (Å²) in [7, 11) is 1.57. The normalized spacial score (nSPS) is 18.8. The van der Waals surface area contributed by atoms with Gasteiger partial charge in [-0.3, -0.25) is 9.59 Å². The molecule has 2 atom stereocenters. The fraction of sp³-hybridized carbons (Fsp3) is 0.263. The monoisotopic (exact) mass is 325 g/mol. The Labute approximate surface area is 140 Å². The average molecular weight is 325 g/mol. The third-order valence-electron chi connectivity index (χ3n) is 4.37. The fourth-order valence-corrected chi connectivity index (χ4v) is 2.81. The van der Waals surface area contributed by atoms with Crippen LogP contribution in [0.4, 0.5) is 5.69 Å². The van der Waals surface area contributed by atoms with E-state index in [1.807, 2.05) is 25.1 Å². The summed E-state index contributed by atoms with van der Waals surface area (Å²) in [5, 5.41) is 11.8. The maximum Gasteiger partial charge on any atom is 0.307 e. The van der Waals surface area contributed by atoms with Gasteiger partial charge in [-0.2, -0.15) is 0 Å². The zero-order valence-electron chi connectivity index (χ0n) is 13.6. The van der Waals surface area contributed by atoms with E-state index in [9.17, 15) is 9.59 Å². The molecule has 5 nitrogen and oxygen atoms in total. The number of hydrogen-bond donors (Lipinski definition) is 2. The summed E-state index contributed by atoms with van der Waals surface area (Å²) < 4.78 is 5.24. The van der Waals surface area contributed by atoms with Crippen LogP contribution in [-0.2, 0) is 4.79 Å². The number of carbonyl (C=O) groups excluding carboxylic acids is 1. The van der Waals surface area contributed by atoms with Gasteiger partial charge in [0.2, 0.25) is 0 Å². The molecular formula is C19H19NO4. The standard InChI is InChI=1S/C19H19NO4/c1-11-3-4-13(9-17(11)24-2)18(21)20-14-7-5-12(6-8-14)15-10-16(15)19(22)23/h3-9,15-16H,10H2,1-2H3,(H,20,21)(H,22,23)/t15-,16+/m0/s1. The van der Waals surface area contributed by atoms with Crippen molar-refractivity contribution in [2.24, 2.45) is 5.92 Å². The molecule has 3 rings (SSSR count). The Morgan fingerprint density at radius 3 is 2.46 bits per heavy atom. The molecule has 0 spiro atoms. The third kappa shape index (κ3) is 3.25. The van der Waals surface area contributed by atoms with Crippen molar-refractivity contribution < 1.29 is 19.4 Å². The number of carboxylic acid groups (broad SMARTS) is 1. The molecule has 124 valence electrons. The molecule has 0 aromatic heterocycles. The summed E-state index contributed by atoms with van der Waals surface area (Å²) in [6.07, 6.45) is 0.685. The molecule has 1 fully saturated rings. The molecule has 2 aromatic rings. The predicted octanol–water partition coefficient (Wildman–Crippen LogP) is 3.44. The second kappa shape index (κ2) is 6.35. The van der Waals surface area contributed by atoms with Crippen molar-refractivity contribution >= 4 is 17.6 Å². The van der Waals surface area contributed by atoms with Crippen molar-refractivity contribution in [1.82, 2.24) is 0 Å². The summed E-state index contributed by atoms with van der Waals surface area (Å²) in [5.74, 6) is -0.466. The highest BCUT2D eigenvalue weighted by atomic mass is 16.5. The van der Waals surface area contributed by atoms with Crippen LogP contribution in [0.5, 0.6) is 5.75 Å². The minimum Gasteiger partial charge on any atom is -0.496 e. The number of carboxylic acids is 1. The van der Waals surface area contributed by atoms with Crippen LogP contribution < -0.4 is 10.1 Å². The van der Waals surface area contributed by atoms with Crippen molar-refractivity contribution in [1.29, 1.82) is 0 Å². The van der Waals surface area contributed by atoms with Gasteiger partial charge in [-0.05, 0) is 54.7 Å². The Morgan fingerprint density at radius 2 is 1.88 bits per heavy atom. The Hall–Kier alpha value is -2.82. The first-order valence-corrected chi connectivity index (χ1v) is 7.78. The van der Waals surface area contributed by atoms with E-state index in [2.05, 4.69) is 5.32 Å². The Bertz CT molecular complexity index is 782. The van der Waals surface area contributed by atoms with Crippen LogP contribution in [0.1, 0.15) is 33.8 Å². The number of rotatable bonds is 5. The molecule has 0 saturated heterocycles. The number of amides is 1. The lowest BCUT2D eigenvalue weighted by atomic mass is 10.1. The second-order valence-electron chi connectivity index (χ2n) is 6.05. The smallest absolute Gasteiger partial charge is 0.307 e. The van der Waals surface area contributed by atoms with Crippen LogP contribution in [0.2, 0.25) is 0 Å². The van der Waals surface area contributed by atoms with Crippen LogP contribution in [0.25, 0.3) is 0 Å². The summed E-state index contributed by atoms with van der Waals surface area (Å²) in [6, 6.07) is 12.7. The van der Waals surface area contributed by atoms with E-state index < -0.39 is 5.97 Å². The number of nitrogens with one attached hydrogen (secondary N) is 1. The summed E-state index contributed by atoms with van der Waals surface area (Å²) in [6.45, 7) is 1.92. The largest absolute Gasteiger partial charge is 0.496 e. The van der Waals surface area contributed by atoms with Crippen LogP contribution in [-0.4, -0.2) is 24.1 Å². The molecule has 0 bridgehead atoms. The zero-order chi connectivity index (χ0) is 17.3. The molecular weight excluding hydrogens is 306 g/mol. The van der Waals surface area contributed by atoms with Crippen molar-refractivity contribution in [2.45, 2.75) is 19.3 Å². The minimum absolute atomic E-state index is 0.0913. The topological polar surface area (TPSA) is 75.6 Å². The van der Waals surface area contributed by atoms with Crippen LogP contribution in [0.3, 0.4) is 0 Å². The van der Waals surface area contributed by atoms with Crippen LogP contribution in [0.15, 0.2) is 42.5 Å². The second-order valence-corrected chi connectivity index (χ2v) is 6.05. The van der Waals surface area contributed by atoms with E-state index in [4.69, 9.17) is 9.84 Å². The first-order chi connectivity index (χ1) is 11.5. The molecule has 0 unspecified atom stereocenters. The quantitative estimate of drug-likeness (QED) is 0.883. The van der Waals surface area contributed by atoms with Gasteiger partial charge < -0.3 is 15.2 Å². The summed E-state index contributed by atoms with van der Waals surface area (Å²) >= 11 is 0. The lowest BCUT2D eigenvalue weighted by molar-refractivity contribution is -0.138. The van der Waals surface area contributed by atoms with Gasteiger partial charge in [-0.1, -0.05) is 18.2 Å². The van der Waals surface area contributed by atoms with E-state index >= 15 is 0 Å². The van der Waals surface area contributed by atoms with E-state index in [1.165, 1.54) is 0 Å². The lowest BCUT2D eigenvalue weighted by Gasteiger charge is -2.09. The highest BCUT2D eigenvalue weighted by Gasteiger charge is 2.43. The molecule has 1 saturated carbocycles. The van der Waals surface area contributed by atoms with Crippen molar-refractivity contribution in [3.63, 3.8) is 0 Å². The Morgan fingerprint density at radius 1 is 1.17 bits per heavy atom. The van der Waals surface area contributed by atoms with Gasteiger partial charge in [-0.25, -0.2) is 0 Å². The Balaban J connectivity index is 1.68. The third-order valence-corrected chi connectivity index (χ3v) is 4.37. The molecule has 2 N–H and O–H groups in total. The molecule has 1 aliphatic rings. The Kier molecular flexibility index (Phi) is 4.25. The maximum absolute atomic E-state index is 12.3. The number of aliphatic carboxylic acids is 1. The van der Waals surface area contributed by atoms with Gasteiger partial charge >= 0.3 is 5.97 Å². The predicted molar refractivity (Wildman–Crippen MR) is 90.6 cm³/mol. The average Bonchev–Trinajstić information content (AvgIpc) is 3.37. The van der Waals surface area contributed by atoms with E-state index in [1.54, 1.807) is 31.4 Å². The number of methoxy groups -OCH3 is 1. The van der Waals surface area contributed by atoms with Gasteiger partial charge in [-0.15, -0.1) is 0 Å². The molecule has 2 aromatic carbocycles. The zero-order valence-corrected chi connectivity index (χ0v) is 13.6. The highest BCUT2D eigenvalue weighted by molar-refractivity contribution is 6.04. The number of aryl methyl sites for hydroxylation is 1. The number of hydrogen-bond acceptors (Lipinski definition) is 3. The minimum atomic E-state index is -0.745. The van der Waals surface area contributed by atoms with Crippen LogP contribution >= 0.6 is 0 Å². The van der Waals surface area contributed by atoms with Crippen LogP contribution in [0, 0.1) is 12.8 Å². The molecule has 24 heavy (non-hydrogen) atoms. The SMILES string of the molecule is COc1cc(C(=O)Nc2ccc([C@@H]3C[C@H]3C(=O)O)cc2)ccc1C. The number of carbonyl (C=O) groups is 2. The van der Waals surface area contributed by atoms with E-state index in [0.29, 0.717) is 23.4 Å². The molecule has 0 heterocycles. The summed E-state index contributed by atoms with van der Waals surface area (Å²) in [5.41, 5.74) is 3.17. The van der Waals surface area contributed by atoms with Gasteiger partial charge in [0.1, 0.15) is 5.75 Å². The maximum atomic E-state index is 12.3. The van der Waals surface area contributed by atoms with Gasteiger partial charge in [0.25, 0.3) is 5.91 Å². The van der Waals surface area contributed by atoms with Gasteiger partial charge in [0.05, 0.1) is 13.0 Å². The van der Waals surface area contributed by atoms with Gasteiger partial charge in [0, 0.05) is 11.3 Å². The van der Waals surface area contributed by atoms with E-state index in [0.717, 1.165) is 11.1 Å². The van der Waals surface area contributed by atoms with Gasteiger partial charge in [0.15, 0.2) is 0 Å². The highest BCUT2D eigenvalue weighted by Crippen LogP contribution is 2.47. The number of benzene rings is 2. The number of ether oxygens (including phenoxy) is 1. The molecule has 5 heteroatoms. The van der Waals surface area contributed by atoms with Crippen molar-refractivity contribution in [3.05, 3.63) is 59.2 Å². The lowest BCUT2D eigenvalue weighted by Crippen LogP contribution is -2.12. The van der Waals surface area contributed by atoms with E-state index in [-0.39, 0.29) is 17.7 Å². The molecule has 0 aliphatic heterocycles. The fourth-order valence-electron chi connectivity index (χ4n) is 2.81. The van der Waals surface area contributed by atoms with Crippen molar-refractivity contribution in [3.8, 4) is 5.75 Å². The first-order valence-electron chi connectivity index (χ1n) is 7.78. The summed E-state index contributed by atoms with van der Waals surface area (Å²) in [4.78, 5) is 23.2. The molecule has 1 amide bonds. The molecule has 0 radical (unpaired) electrons. The molecule has 1 aliphatic carbocycles. The first kappa shape index (κ1) is 16.1. The number of anilines is 1. The van der Waals surface area contributed by atoms with Crippen molar-refractivity contribution in [2.75, 3.05) is 12.4 Å².